The van der Waals surface area contributed by atoms with Crippen LogP contribution in [-0.2, 0) is 5.75 Å². The zero-order valence-electron chi connectivity index (χ0n) is 11.6. The van der Waals surface area contributed by atoms with Gasteiger partial charge in [-0.15, -0.1) is 11.3 Å². The Hall–Kier alpha value is -1.66. The minimum absolute atomic E-state index is 0.258. The third kappa shape index (κ3) is 3.16. The molecule has 0 aliphatic carbocycles. The van der Waals surface area contributed by atoms with Crippen LogP contribution in [0, 0.1) is 19.7 Å². The highest BCUT2D eigenvalue weighted by atomic mass is 32.2. The summed E-state index contributed by atoms with van der Waals surface area (Å²) in [5.74, 6) is 1.15. The Morgan fingerprint density at radius 2 is 2.00 bits per heavy atom. The van der Waals surface area contributed by atoms with Crippen LogP contribution in [0.1, 0.15) is 17.0 Å². The zero-order chi connectivity index (χ0) is 14.8. The normalized spacial score (nSPS) is 11.0. The smallest absolute Gasteiger partial charge is 0.170 e. The second kappa shape index (κ2) is 5.99. The van der Waals surface area contributed by atoms with Crippen molar-refractivity contribution in [3.05, 3.63) is 52.4 Å². The van der Waals surface area contributed by atoms with Crippen LogP contribution >= 0.6 is 23.1 Å². The number of nitrogens with zero attached hydrogens (tertiary/aromatic N) is 2. The Morgan fingerprint density at radius 3 is 2.67 bits per heavy atom. The van der Waals surface area contributed by atoms with Gasteiger partial charge in [0.15, 0.2) is 5.76 Å². The predicted molar refractivity (Wildman–Crippen MR) is 83.0 cm³/mol. The average Bonchev–Trinajstić information content (AvgIpc) is 3.04. The van der Waals surface area contributed by atoms with Crippen LogP contribution in [0.15, 0.2) is 38.5 Å². The molecule has 0 bridgehead atoms. The fourth-order valence-electron chi connectivity index (χ4n) is 1.90. The number of thioether (sulfide) groups is 1. The van der Waals surface area contributed by atoms with Gasteiger partial charge in [-0.1, -0.05) is 16.9 Å². The fourth-order valence-corrected chi connectivity index (χ4v) is 3.75. The molecule has 3 aromatic rings. The monoisotopic (exact) mass is 320 g/mol. The van der Waals surface area contributed by atoms with Crippen LogP contribution in [0.5, 0.6) is 0 Å². The molecule has 3 rings (SSSR count). The van der Waals surface area contributed by atoms with Gasteiger partial charge in [-0.05, 0) is 38.1 Å². The third-order valence-corrected chi connectivity index (χ3v) is 5.21. The van der Waals surface area contributed by atoms with Gasteiger partial charge in [-0.25, -0.2) is 9.37 Å². The number of hydrogen-bond acceptors (Lipinski definition) is 5. The molecule has 1 aromatic carbocycles. The van der Waals surface area contributed by atoms with Gasteiger partial charge >= 0.3 is 0 Å². The highest BCUT2D eigenvalue weighted by Gasteiger charge is 2.14. The Morgan fingerprint density at radius 1 is 1.24 bits per heavy atom. The highest BCUT2D eigenvalue weighted by Crippen LogP contribution is 2.31. The lowest BCUT2D eigenvalue weighted by Crippen LogP contribution is -1.85. The topological polar surface area (TPSA) is 38.9 Å². The van der Waals surface area contributed by atoms with E-state index in [-0.39, 0.29) is 5.82 Å². The number of hydrogen-bond donors (Lipinski definition) is 0. The lowest BCUT2D eigenvalue weighted by Gasteiger charge is -1.98. The van der Waals surface area contributed by atoms with E-state index in [2.05, 4.69) is 10.1 Å². The SMILES string of the molecule is Cc1csc(SCc2noc(-c3ccc(F)cc3)c2C)n1. The summed E-state index contributed by atoms with van der Waals surface area (Å²) in [6, 6.07) is 6.24. The van der Waals surface area contributed by atoms with Crippen molar-refractivity contribution in [1.29, 1.82) is 0 Å². The van der Waals surface area contributed by atoms with Crippen LogP contribution in [0.4, 0.5) is 4.39 Å². The van der Waals surface area contributed by atoms with Gasteiger partial charge in [0.2, 0.25) is 0 Å². The molecule has 0 amide bonds. The first kappa shape index (κ1) is 14.3. The molecule has 0 saturated carbocycles. The summed E-state index contributed by atoms with van der Waals surface area (Å²) in [4.78, 5) is 4.41. The van der Waals surface area contributed by atoms with Gasteiger partial charge in [0, 0.05) is 28.0 Å². The largest absolute Gasteiger partial charge is 0.356 e. The van der Waals surface area contributed by atoms with E-state index in [0.29, 0.717) is 11.5 Å². The molecule has 6 heteroatoms. The van der Waals surface area contributed by atoms with E-state index in [9.17, 15) is 4.39 Å². The summed E-state index contributed by atoms with van der Waals surface area (Å²) >= 11 is 3.28. The maximum Gasteiger partial charge on any atom is 0.170 e. The number of aromatic nitrogens is 2. The van der Waals surface area contributed by atoms with E-state index in [1.807, 2.05) is 19.2 Å². The second-order valence-corrected chi connectivity index (χ2v) is 6.71. The molecule has 0 N–H and O–H groups in total. The molecule has 0 unspecified atom stereocenters. The summed E-state index contributed by atoms with van der Waals surface area (Å²) in [5.41, 5.74) is 3.75. The van der Waals surface area contributed by atoms with Crippen molar-refractivity contribution in [1.82, 2.24) is 10.1 Å². The Bertz CT molecular complexity index is 749. The van der Waals surface area contributed by atoms with Crippen LogP contribution in [0.3, 0.4) is 0 Å². The quantitative estimate of drug-likeness (QED) is 0.644. The Balaban J connectivity index is 1.77. The van der Waals surface area contributed by atoms with Gasteiger partial charge < -0.3 is 4.52 Å². The maximum absolute atomic E-state index is 13.0. The molecule has 0 radical (unpaired) electrons. The van der Waals surface area contributed by atoms with E-state index in [0.717, 1.165) is 26.9 Å². The number of benzene rings is 1. The number of halogens is 1. The molecular formula is C15H13FN2OS2. The third-order valence-electron chi connectivity index (χ3n) is 3.06. The molecular weight excluding hydrogens is 307 g/mol. The van der Waals surface area contributed by atoms with E-state index in [4.69, 9.17) is 4.52 Å². The van der Waals surface area contributed by atoms with E-state index >= 15 is 0 Å². The van der Waals surface area contributed by atoms with Crippen LogP contribution in [0.25, 0.3) is 11.3 Å². The average molecular weight is 320 g/mol. The predicted octanol–water partition coefficient (Wildman–Crippen LogP) is 4.85. The van der Waals surface area contributed by atoms with Crippen molar-refractivity contribution in [2.24, 2.45) is 0 Å². The fraction of sp³-hybridized carbons (Fsp3) is 0.200. The van der Waals surface area contributed by atoms with Crippen molar-refractivity contribution in [3.8, 4) is 11.3 Å². The number of aryl methyl sites for hydroxylation is 1. The number of thiazole rings is 1. The molecule has 3 nitrogen and oxygen atoms in total. The summed E-state index contributed by atoms with van der Waals surface area (Å²) in [5, 5.41) is 6.15. The molecule has 0 atom stereocenters. The molecule has 2 aromatic heterocycles. The molecule has 0 spiro atoms. The molecule has 108 valence electrons. The van der Waals surface area contributed by atoms with Gasteiger partial charge in [0.25, 0.3) is 0 Å². The van der Waals surface area contributed by atoms with Gasteiger partial charge in [0.1, 0.15) is 10.2 Å². The van der Waals surface area contributed by atoms with Crippen LogP contribution < -0.4 is 0 Å². The molecule has 0 fully saturated rings. The summed E-state index contributed by atoms with van der Waals surface area (Å²) in [7, 11) is 0. The Labute approximate surface area is 130 Å². The maximum atomic E-state index is 13.0. The highest BCUT2D eigenvalue weighted by molar-refractivity contribution is 8.00. The second-order valence-electron chi connectivity index (χ2n) is 4.63. The van der Waals surface area contributed by atoms with E-state index < -0.39 is 0 Å². The first-order valence-electron chi connectivity index (χ1n) is 6.39. The van der Waals surface area contributed by atoms with E-state index in [1.54, 1.807) is 35.2 Å². The van der Waals surface area contributed by atoms with Gasteiger partial charge in [0.05, 0.1) is 5.69 Å². The standard InChI is InChI=1S/C15H13FN2OS2/c1-9-7-20-15(17-9)21-8-13-10(2)14(19-18-13)11-3-5-12(16)6-4-11/h3-7H,8H2,1-2H3. The molecule has 0 aliphatic rings. The van der Waals surface area contributed by atoms with E-state index in [1.165, 1.54) is 12.1 Å². The van der Waals surface area contributed by atoms with Gasteiger partial charge in [-0.2, -0.15) is 0 Å². The Kier molecular flexibility index (Phi) is 4.07. The molecule has 21 heavy (non-hydrogen) atoms. The summed E-state index contributed by atoms with van der Waals surface area (Å²) in [6.45, 7) is 3.95. The minimum atomic E-state index is -0.258. The van der Waals surface area contributed by atoms with Crippen molar-refractivity contribution in [2.45, 2.75) is 23.9 Å². The van der Waals surface area contributed by atoms with Crippen molar-refractivity contribution < 1.29 is 8.91 Å². The number of rotatable bonds is 4. The molecule has 2 heterocycles. The van der Waals surface area contributed by atoms with Crippen molar-refractivity contribution in [3.63, 3.8) is 0 Å². The first-order chi connectivity index (χ1) is 10.1. The molecule has 0 saturated heterocycles. The van der Waals surface area contributed by atoms with Crippen LogP contribution in [-0.4, -0.2) is 10.1 Å². The summed E-state index contributed by atoms with van der Waals surface area (Å²) < 4.78 is 19.4. The lowest BCUT2D eigenvalue weighted by molar-refractivity contribution is 0.426. The molecule has 0 aliphatic heterocycles. The van der Waals surface area contributed by atoms with Crippen LogP contribution in [0.2, 0.25) is 0 Å². The lowest BCUT2D eigenvalue weighted by atomic mass is 10.1. The summed E-state index contributed by atoms with van der Waals surface area (Å²) in [6.07, 6.45) is 0. The van der Waals surface area contributed by atoms with Crippen molar-refractivity contribution >= 4 is 23.1 Å². The first-order valence-corrected chi connectivity index (χ1v) is 8.26. The zero-order valence-corrected chi connectivity index (χ0v) is 13.2. The van der Waals surface area contributed by atoms with Gasteiger partial charge in [-0.3, -0.25) is 0 Å². The minimum Gasteiger partial charge on any atom is -0.356 e. The van der Waals surface area contributed by atoms with Crippen molar-refractivity contribution in [2.75, 3.05) is 0 Å².